The van der Waals surface area contributed by atoms with Gasteiger partial charge >= 0.3 is 0 Å². The van der Waals surface area contributed by atoms with Gasteiger partial charge in [-0.25, -0.2) is 0 Å². The van der Waals surface area contributed by atoms with E-state index in [1.54, 1.807) is 0 Å². The van der Waals surface area contributed by atoms with Gasteiger partial charge in [-0.15, -0.1) is 0 Å². The van der Waals surface area contributed by atoms with Gasteiger partial charge in [0, 0.05) is 16.5 Å². The van der Waals surface area contributed by atoms with E-state index in [0.29, 0.717) is 0 Å². The highest BCUT2D eigenvalue weighted by Gasteiger charge is 2.53. The Hall–Kier alpha value is -5.92. The van der Waals surface area contributed by atoms with E-state index < -0.39 is 5.41 Å². The molecular weight excluding hydrogens is 556 g/mol. The Labute approximate surface area is 267 Å². The van der Waals surface area contributed by atoms with Crippen LogP contribution >= 0.6 is 0 Å². The molecule has 0 saturated heterocycles. The lowest BCUT2D eigenvalue weighted by molar-refractivity contribution is 0.487. The van der Waals surface area contributed by atoms with Crippen LogP contribution in [0.2, 0.25) is 0 Å². The van der Waals surface area contributed by atoms with Gasteiger partial charge in [-0.3, -0.25) is 0 Å². The molecular formula is C45H26O. The Bertz CT molecular complexity index is 2630. The molecule has 1 spiro atoms. The normalized spacial score (nSPS) is 16.1. The van der Waals surface area contributed by atoms with Crippen molar-refractivity contribution in [1.29, 1.82) is 0 Å². The molecule has 1 unspecified atom stereocenters. The van der Waals surface area contributed by atoms with E-state index >= 15 is 0 Å². The fourth-order valence-corrected chi connectivity index (χ4v) is 9.01. The molecule has 0 radical (unpaired) electrons. The second kappa shape index (κ2) is 8.62. The summed E-state index contributed by atoms with van der Waals surface area (Å²) in [5.41, 5.74) is 15.2. The molecule has 2 aliphatic carbocycles. The van der Waals surface area contributed by atoms with E-state index in [-0.39, 0.29) is 0 Å². The SMILES string of the molecule is c1ccc2c(c1)Oc1cccc3ccc(-c4cccc5c4C4(c6ccccc6-5)c5ccccc5-c5c4ccc4ccccc54)c-2c13. The molecule has 8 aromatic carbocycles. The van der Waals surface area contributed by atoms with Crippen molar-refractivity contribution in [3.8, 4) is 56.0 Å². The average molecular weight is 583 g/mol. The zero-order chi connectivity index (χ0) is 30.0. The van der Waals surface area contributed by atoms with Crippen LogP contribution in [0.15, 0.2) is 158 Å². The number of para-hydroxylation sites is 1. The topological polar surface area (TPSA) is 9.23 Å². The van der Waals surface area contributed by atoms with Crippen LogP contribution in [-0.4, -0.2) is 0 Å². The van der Waals surface area contributed by atoms with Crippen molar-refractivity contribution < 1.29 is 4.74 Å². The predicted molar refractivity (Wildman–Crippen MR) is 189 cm³/mol. The summed E-state index contributed by atoms with van der Waals surface area (Å²) in [4.78, 5) is 0. The Kier molecular flexibility index (Phi) is 4.57. The summed E-state index contributed by atoms with van der Waals surface area (Å²) >= 11 is 0. The van der Waals surface area contributed by atoms with Crippen molar-refractivity contribution in [2.45, 2.75) is 5.41 Å². The average Bonchev–Trinajstić information content (AvgIpc) is 3.59. The van der Waals surface area contributed by atoms with Gasteiger partial charge < -0.3 is 4.74 Å². The van der Waals surface area contributed by atoms with E-state index in [0.717, 1.165) is 17.1 Å². The van der Waals surface area contributed by atoms with E-state index in [1.807, 2.05) is 0 Å². The lowest BCUT2D eigenvalue weighted by Gasteiger charge is -2.33. The van der Waals surface area contributed by atoms with Crippen molar-refractivity contribution >= 4 is 21.5 Å². The second-order valence-electron chi connectivity index (χ2n) is 12.7. The van der Waals surface area contributed by atoms with Crippen LogP contribution in [0.3, 0.4) is 0 Å². The van der Waals surface area contributed by atoms with Gasteiger partial charge in [0.05, 0.1) is 5.41 Å². The monoisotopic (exact) mass is 582 g/mol. The number of hydrogen-bond acceptors (Lipinski definition) is 1. The summed E-state index contributed by atoms with van der Waals surface area (Å²) in [6, 6.07) is 58.2. The molecule has 0 amide bonds. The summed E-state index contributed by atoms with van der Waals surface area (Å²) in [6.45, 7) is 0. The Morgan fingerprint density at radius 2 is 0.957 bits per heavy atom. The Balaban J connectivity index is 1.33. The molecule has 11 rings (SSSR count). The van der Waals surface area contributed by atoms with Crippen LogP contribution in [0, 0.1) is 0 Å². The molecule has 0 fully saturated rings. The molecule has 0 saturated carbocycles. The summed E-state index contributed by atoms with van der Waals surface area (Å²) in [5.74, 6) is 1.82. The van der Waals surface area contributed by atoms with Crippen LogP contribution in [0.5, 0.6) is 11.5 Å². The fourth-order valence-electron chi connectivity index (χ4n) is 9.01. The van der Waals surface area contributed by atoms with Gasteiger partial charge in [0.1, 0.15) is 11.5 Å². The Morgan fingerprint density at radius 3 is 1.85 bits per heavy atom. The van der Waals surface area contributed by atoms with E-state index in [2.05, 4.69) is 158 Å². The van der Waals surface area contributed by atoms with Gasteiger partial charge in [-0.05, 0) is 83.9 Å². The quantitative estimate of drug-likeness (QED) is 0.187. The van der Waals surface area contributed by atoms with Gasteiger partial charge in [0.15, 0.2) is 0 Å². The summed E-state index contributed by atoms with van der Waals surface area (Å²) in [6.07, 6.45) is 0. The fraction of sp³-hybridized carbons (Fsp3) is 0.0222. The maximum Gasteiger partial charge on any atom is 0.135 e. The van der Waals surface area contributed by atoms with Crippen molar-refractivity contribution in [2.24, 2.45) is 0 Å². The first-order valence-corrected chi connectivity index (χ1v) is 16.0. The van der Waals surface area contributed by atoms with Gasteiger partial charge in [-0.2, -0.15) is 0 Å². The molecule has 46 heavy (non-hydrogen) atoms. The van der Waals surface area contributed by atoms with Crippen molar-refractivity contribution in [3.63, 3.8) is 0 Å². The Morgan fingerprint density at radius 1 is 0.348 bits per heavy atom. The standard InChI is InChI=1S/C45H26O/c1-2-13-29-27(11-1)24-26-38-42(29)34-15-4-7-20-37(34)45(38)36-19-6-3-14-30(36)32-17-10-18-33(44(32)45)31-25-23-28-12-9-22-40-41(28)43(31)35-16-5-8-21-39(35)46-40/h1-26H. The summed E-state index contributed by atoms with van der Waals surface area (Å²) in [7, 11) is 0. The van der Waals surface area contributed by atoms with Crippen LogP contribution in [-0.2, 0) is 5.41 Å². The van der Waals surface area contributed by atoms with Crippen molar-refractivity contribution in [3.05, 3.63) is 180 Å². The zero-order valence-corrected chi connectivity index (χ0v) is 24.9. The molecule has 212 valence electrons. The lowest BCUT2D eigenvalue weighted by atomic mass is 9.68. The van der Waals surface area contributed by atoms with Gasteiger partial charge in [0.2, 0.25) is 0 Å². The number of rotatable bonds is 1. The zero-order valence-electron chi connectivity index (χ0n) is 24.9. The minimum atomic E-state index is -0.454. The molecule has 0 aromatic heterocycles. The first kappa shape index (κ1) is 24.4. The molecule has 1 heteroatoms. The van der Waals surface area contributed by atoms with Crippen molar-refractivity contribution in [2.75, 3.05) is 0 Å². The first-order chi connectivity index (χ1) is 22.8. The van der Waals surface area contributed by atoms with Gasteiger partial charge in [0.25, 0.3) is 0 Å². The third-order valence-corrected chi connectivity index (χ3v) is 10.7. The van der Waals surface area contributed by atoms with E-state index in [9.17, 15) is 0 Å². The molecule has 1 atom stereocenters. The predicted octanol–water partition coefficient (Wildman–Crippen LogP) is 11.8. The number of benzene rings is 8. The van der Waals surface area contributed by atoms with Crippen LogP contribution in [0.1, 0.15) is 22.3 Å². The third-order valence-electron chi connectivity index (χ3n) is 10.7. The molecule has 1 heterocycles. The van der Waals surface area contributed by atoms with E-state index in [4.69, 9.17) is 4.74 Å². The first-order valence-electron chi connectivity index (χ1n) is 16.0. The maximum atomic E-state index is 6.51. The highest BCUT2D eigenvalue weighted by molar-refractivity contribution is 6.12. The number of ether oxygens (including phenoxy) is 1. The summed E-state index contributed by atoms with van der Waals surface area (Å²) < 4.78 is 6.51. The second-order valence-corrected chi connectivity index (χ2v) is 12.7. The van der Waals surface area contributed by atoms with Gasteiger partial charge in [-0.1, -0.05) is 146 Å². The minimum Gasteiger partial charge on any atom is -0.456 e. The number of fused-ring (bicyclic) bond motifs is 14. The molecule has 8 aromatic rings. The van der Waals surface area contributed by atoms with E-state index in [1.165, 1.54) is 82.7 Å². The molecule has 0 bridgehead atoms. The molecule has 0 N–H and O–H groups in total. The maximum absolute atomic E-state index is 6.51. The number of hydrogen-bond donors (Lipinski definition) is 0. The van der Waals surface area contributed by atoms with Crippen LogP contribution in [0.25, 0.3) is 66.1 Å². The van der Waals surface area contributed by atoms with Crippen LogP contribution in [0.4, 0.5) is 0 Å². The smallest absolute Gasteiger partial charge is 0.135 e. The molecule has 3 aliphatic rings. The van der Waals surface area contributed by atoms with Crippen LogP contribution < -0.4 is 4.74 Å². The third kappa shape index (κ3) is 2.83. The lowest BCUT2D eigenvalue weighted by Crippen LogP contribution is -2.26. The largest absolute Gasteiger partial charge is 0.456 e. The molecule has 1 nitrogen and oxygen atoms in total. The van der Waals surface area contributed by atoms with Crippen molar-refractivity contribution in [1.82, 2.24) is 0 Å². The molecule has 1 aliphatic heterocycles. The highest BCUT2D eigenvalue weighted by atomic mass is 16.5. The summed E-state index contributed by atoms with van der Waals surface area (Å²) in [5, 5.41) is 4.96. The highest BCUT2D eigenvalue weighted by Crippen LogP contribution is 2.66. The minimum absolute atomic E-state index is 0.454.